The number of rotatable bonds is 6. The van der Waals surface area contributed by atoms with Crippen molar-refractivity contribution in [1.82, 2.24) is 5.32 Å². The van der Waals surface area contributed by atoms with E-state index in [0.29, 0.717) is 30.2 Å². The van der Waals surface area contributed by atoms with E-state index < -0.39 is 4.92 Å². The van der Waals surface area contributed by atoms with Gasteiger partial charge in [-0.2, -0.15) is 0 Å². The molecule has 0 aliphatic rings. The number of nitro benzene ring substituents is 1. The van der Waals surface area contributed by atoms with Gasteiger partial charge in [0.15, 0.2) is 0 Å². The highest BCUT2D eigenvalue weighted by Crippen LogP contribution is 2.32. The van der Waals surface area contributed by atoms with Crippen LogP contribution in [0.5, 0.6) is 0 Å². The zero-order valence-corrected chi connectivity index (χ0v) is 11.3. The minimum atomic E-state index is -0.498. The van der Waals surface area contributed by atoms with Gasteiger partial charge in [-0.1, -0.05) is 11.6 Å². The van der Waals surface area contributed by atoms with Crippen molar-refractivity contribution in [2.75, 3.05) is 13.2 Å². The van der Waals surface area contributed by atoms with E-state index in [2.05, 4.69) is 5.32 Å². The highest BCUT2D eigenvalue weighted by molar-refractivity contribution is 6.33. The Bertz CT molecular complexity index is 612. The van der Waals surface area contributed by atoms with E-state index in [1.54, 1.807) is 18.2 Å². The van der Waals surface area contributed by atoms with Crippen LogP contribution in [-0.2, 0) is 6.54 Å². The van der Waals surface area contributed by atoms with Crippen LogP contribution in [-0.4, -0.2) is 23.2 Å². The standard InChI is InChI=1S/C13H13ClN2O4/c14-12-7-9(16(18)19)1-3-11(12)13-4-2-10(20-13)8-15-5-6-17/h1-4,7,15,17H,5-6,8H2. The summed E-state index contributed by atoms with van der Waals surface area (Å²) in [5, 5.41) is 22.6. The Morgan fingerprint density at radius 3 is 2.80 bits per heavy atom. The van der Waals surface area contributed by atoms with Crippen molar-refractivity contribution in [1.29, 1.82) is 0 Å². The fourth-order valence-corrected chi connectivity index (χ4v) is 1.99. The van der Waals surface area contributed by atoms with Crippen molar-refractivity contribution in [3.8, 4) is 11.3 Å². The summed E-state index contributed by atoms with van der Waals surface area (Å²) in [6, 6.07) is 7.78. The minimum absolute atomic E-state index is 0.0573. The summed E-state index contributed by atoms with van der Waals surface area (Å²) in [7, 11) is 0. The van der Waals surface area contributed by atoms with Gasteiger partial charge in [-0.15, -0.1) is 0 Å². The van der Waals surface area contributed by atoms with Gasteiger partial charge in [-0.05, 0) is 18.2 Å². The van der Waals surface area contributed by atoms with Gasteiger partial charge in [-0.3, -0.25) is 10.1 Å². The monoisotopic (exact) mass is 296 g/mol. The number of benzene rings is 1. The molecule has 0 unspecified atom stereocenters. The number of hydrogen-bond donors (Lipinski definition) is 2. The van der Waals surface area contributed by atoms with Crippen LogP contribution in [0.3, 0.4) is 0 Å². The first-order chi connectivity index (χ1) is 9.61. The summed E-state index contributed by atoms with van der Waals surface area (Å²) in [6.45, 7) is 1.03. The highest BCUT2D eigenvalue weighted by Gasteiger charge is 2.13. The molecule has 0 fully saturated rings. The molecule has 0 bridgehead atoms. The normalized spacial score (nSPS) is 10.7. The lowest BCUT2D eigenvalue weighted by Gasteiger charge is -2.02. The fraction of sp³-hybridized carbons (Fsp3) is 0.231. The fourth-order valence-electron chi connectivity index (χ4n) is 1.73. The van der Waals surface area contributed by atoms with Gasteiger partial charge < -0.3 is 14.8 Å². The molecule has 2 rings (SSSR count). The average molecular weight is 297 g/mol. The van der Waals surface area contributed by atoms with Crippen molar-refractivity contribution >= 4 is 17.3 Å². The first-order valence-electron chi connectivity index (χ1n) is 5.96. The van der Waals surface area contributed by atoms with E-state index in [0.717, 1.165) is 0 Å². The van der Waals surface area contributed by atoms with Crippen molar-refractivity contribution in [3.05, 3.63) is 51.2 Å². The van der Waals surface area contributed by atoms with E-state index >= 15 is 0 Å². The summed E-state index contributed by atoms with van der Waals surface area (Å²) >= 11 is 6.03. The SMILES string of the molecule is O=[N+]([O-])c1ccc(-c2ccc(CNCCO)o2)c(Cl)c1. The molecule has 7 heteroatoms. The molecule has 0 aliphatic carbocycles. The van der Waals surface area contributed by atoms with Crippen molar-refractivity contribution in [3.63, 3.8) is 0 Å². The van der Waals surface area contributed by atoms with Gasteiger partial charge in [0, 0.05) is 24.2 Å². The lowest BCUT2D eigenvalue weighted by atomic mass is 10.1. The number of nitrogens with zero attached hydrogens (tertiary/aromatic N) is 1. The van der Waals surface area contributed by atoms with Crippen LogP contribution < -0.4 is 5.32 Å². The third-order valence-corrected chi connectivity index (χ3v) is 2.99. The molecule has 0 atom stereocenters. The van der Waals surface area contributed by atoms with Crippen LogP contribution in [0.2, 0.25) is 5.02 Å². The molecule has 6 nitrogen and oxygen atoms in total. The van der Waals surface area contributed by atoms with E-state index in [9.17, 15) is 10.1 Å². The minimum Gasteiger partial charge on any atom is -0.460 e. The molecule has 1 heterocycles. The molecule has 0 aliphatic heterocycles. The number of nitrogens with one attached hydrogen (secondary N) is 1. The Balaban J connectivity index is 2.17. The quantitative estimate of drug-likeness (QED) is 0.486. The molecule has 0 saturated carbocycles. The van der Waals surface area contributed by atoms with Gasteiger partial charge in [-0.25, -0.2) is 0 Å². The van der Waals surface area contributed by atoms with Gasteiger partial charge in [0.2, 0.25) is 0 Å². The van der Waals surface area contributed by atoms with Crippen LogP contribution in [0.1, 0.15) is 5.76 Å². The number of non-ortho nitro benzene ring substituents is 1. The van der Waals surface area contributed by atoms with E-state index in [1.165, 1.54) is 12.1 Å². The van der Waals surface area contributed by atoms with Crippen molar-refractivity contribution in [2.24, 2.45) is 0 Å². The van der Waals surface area contributed by atoms with Crippen molar-refractivity contribution < 1.29 is 14.4 Å². The van der Waals surface area contributed by atoms with E-state index in [4.69, 9.17) is 21.1 Å². The Labute approximate surface area is 120 Å². The summed E-state index contributed by atoms with van der Waals surface area (Å²) in [5.41, 5.74) is 0.542. The summed E-state index contributed by atoms with van der Waals surface area (Å²) in [5.74, 6) is 1.24. The number of aliphatic hydroxyl groups is 1. The molecular formula is C13H13ClN2O4. The number of aliphatic hydroxyl groups excluding tert-OH is 1. The van der Waals surface area contributed by atoms with E-state index in [1.807, 2.05) is 0 Å². The van der Waals surface area contributed by atoms with Gasteiger partial charge in [0.25, 0.3) is 5.69 Å². The summed E-state index contributed by atoms with van der Waals surface area (Å²) in [4.78, 5) is 10.1. The Kier molecular flexibility index (Phi) is 4.73. The lowest BCUT2D eigenvalue weighted by molar-refractivity contribution is -0.384. The first-order valence-corrected chi connectivity index (χ1v) is 6.34. The van der Waals surface area contributed by atoms with Gasteiger partial charge in [0.1, 0.15) is 11.5 Å². The Morgan fingerprint density at radius 1 is 1.35 bits per heavy atom. The number of halogens is 1. The smallest absolute Gasteiger partial charge is 0.270 e. The molecule has 2 aromatic rings. The maximum Gasteiger partial charge on any atom is 0.270 e. The second-order valence-electron chi connectivity index (χ2n) is 4.09. The molecule has 2 N–H and O–H groups in total. The maximum absolute atomic E-state index is 10.6. The third-order valence-electron chi connectivity index (χ3n) is 2.68. The van der Waals surface area contributed by atoms with Crippen LogP contribution in [0.15, 0.2) is 34.7 Å². The molecule has 1 aromatic heterocycles. The Morgan fingerprint density at radius 2 is 2.15 bits per heavy atom. The lowest BCUT2D eigenvalue weighted by Crippen LogP contribution is -2.16. The summed E-state index contributed by atoms with van der Waals surface area (Å²) in [6.07, 6.45) is 0. The molecule has 0 spiro atoms. The molecule has 0 saturated heterocycles. The second kappa shape index (κ2) is 6.51. The molecule has 1 aromatic carbocycles. The number of hydrogen-bond acceptors (Lipinski definition) is 5. The first kappa shape index (κ1) is 14.5. The molecule has 20 heavy (non-hydrogen) atoms. The van der Waals surface area contributed by atoms with Gasteiger partial charge >= 0.3 is 0 Å². The number of furan rings is 1. The maximum atomic E-state index is 10.6. The third kappa shape index (κ3) is 3.36. The van der Waals surface area contributed by atoms with Gasteiger partial charge in [0.05, 0.1) is 23.1 Å². The molecular weight excluding hydrogens is 284 g/mol. The highest BCUT2D eigenvalue weighted by atomic mass is 35.5. The second-order valence-corrected chi connectivity index (χ2v) is 4.49. The zero-order valence-electron chi connectivity index (χ0n) is 10.5. The van der Waals surface area contributed by atoms with Crippen molar-refractivity contribution in [2.45, 2.75) is 6.54 Å². The van der Waals surface area contributed by atoms with Crippen LogP contribution in [0.4, 0.5) is 5.69 Å². The van der Waals surface area contributed by atoms with E-state index in [-0.39, 0.29) is 17.3 Å². The molecule has 0 amide bonds. The molecule has 0 radical (unpaired) electrons. The zero-order chi connectivity index (χ0) is 14.5. The summed E-state index contributed by atoms with van der Waals surface area (Å²) < 4.78 is 5.60. The van der Waals surface area contributed by atoms with Crippen LogP contribution in [0.25, 0.3) is 11.3 Å². The molecule has 106 valence electrons. The topological polar surface area (TPSA) is 88.5 Å². The predicted octanol–water partition coefficient (Wildman–Crippen LogP) is 2.59. The number of nitro groups is 1. The van der Waals surface area contributed by atoms with Crippen LogP contribution >= 0.6 is 11.6 Å². The largest absolute Gasteiger partial charge is 0.460 e. The predicted molar refractivity (Wildman–Crippen MR) is 74.6 cm³/mol. The Hall–Kier alpha value is -1.89. The van der Waals surface area contributed by atoms with Crippen LogP contribution in [0, 0.1) is 10.1 Å². The average Bonchev–Trinajstić information content (AvgIpc) is 2.87.